The molecule has 0 aliphatic rings. The van der Waals surface area contributed by atoms with Crippen molar-refractivity contribution >= 4 is 27.5 Å². The number of hydrogen-bond acceptors (Lipinski definition) is 4. The van der Waals surface area contributed by atoms with Gasteiger partial charge >= 0.3 is 0 Å². The first-order chi connectivity index (χ1) is 9.45. The fourth-order valence-corrected chi connectivity index (χ4v) is 2.99. The van der Waals surface area contributed by atoms with Crippen molar-refractivity contribution < 1.29 is 8.42 Å². The predicted octanol–water partition coefficient (Wildman–Crippen LogP) is 2.41. The molecule has 2 rings (SSSR count). The highest BCUT2D eigenvalue weighted by molar-refractivity contribution is 7.95. The van der Waals surface area contributed by atoms with Crippen LogP contribution in [0.25, 0.3) is 6.08 Å². The largest absolute Gasteiger partial charge is 0.274 e. The molecule has 0 unspecified atom stereocenters. The predicted molar refractivity (Wildman–Crippen MR) is 75.4 cm³/mol. The molecule has 1 aromatic carbocycles. The molecule has 20 heavy (non-hydrogen) atoms. The lowest BCUT2D eigenvalue weighted by atomic mass is 10.4. The second-order valence-corrected chi connectivity index (χ2v) is 6.30. The smallest absolute Gasteiger partial charge is 0.216 e. The Kier molecular flexibility index (Phi) is 3.93. The molecule has 0 atom stereocenters. The van der Waals surface area contributed by atoms with Crippen molar-refractivity contribution in [1.29, 1.82) is 5.26 Å². The van der Waals surface area contributed by atoms with Gasteiger partial charge in [0.15, 0.2) is 4.91 Å². The zero-order valence-corrected chi connectivity index (χ0v) is 12.1. The number of rotatable bonds is 3. The van der Waals surface area contributed by atoms with E-state index in [0.717, 1.165) is 0 Å². The summed E-state index contributed by atoms with van der Waals surface area (Å²) in [5.74, 6) is 0. The summed E-state index contributed by atoms with van der Waals surface area (Å²) in [4.78, 5) is -0.343. The minimum atomic E-state index is -3.86. The molecule has 0 saturated carbocycles. The van der Waals surface area contributed by atoms with E-state index in [-0.39, 0.29) is 15.6 Å². The third-order valence-electron chi connectivity index (χ3n) is 2.53. The highest BCUT2D eigenvalue weighted by Gasteiger charge is 2.21. The third-order valence-corrected chi connectivity index (χ3v) is 4.50. The summed E-state index contributed by atoms with van der Waals surface area (Å²) in [5.41, 5.74) is 0.241. The first-order valence-corrected chi connectivity index (χ1v) is 7.42. The van der Waals surface area contributed by atoms with Crippen LogP contribution < -0.4 is 0 Å². The molecule has 0 aliphatic carbocycles. The van der Waals surface area contributed by atoms with Crippen LogP contribution in [0.2, 0.25) is 5.02 Å². The number of sulfone groups is 1. The average molecular weight is 308 g/mol. The van der Waals surface area contributed by atoms with E-state index in [2.05, 4.69) is 5.10 Å². The van der Waals surface area contributed by atoms with Crippen molar-refractivity contribution in [2.45, 2.75) is 4.90 Å². The summed E-state index contributed by atoms with van der Waals surface area (Å²) in [6, 6.07) is 9.44. The van der Waals surface area contributed by atoms with Crippen LogP contribution >= 0.6 is 11.6 Å². The Hall–Kier alpha value is -2.10. The lowest BCUT2D eigenvalue weighted by Gasteiger charge is -2.01. The van der Waals surface area contributed by atoms with Gasteiger partial charge in [-0.3, -0.25) is 4.68 Å². The van der Waals surface area contributed by atoms with Gasteiger partial charge in [-0.2, -0.15) is 10.4 Å². The number of hydrogen-bond donors (Lipinski definition) is 0. The van der Waals surface area contributed by atoms with Crippen LogP contribution in [-0.2, 0) is 16.9 Å². The van der Waals surface area contributed by atoms with Gasteiger partial charge < -0.3 is 0 Å². The molecule has 0 fully saturated rings. The maximum atomic E-state index is 12.3. The minimum Gasteiger partial charge on any atom is -0.274 e. The summed E-state index contributed by atoms with van der Waals surface area (Å²) < 4.78 is 26.1. The molecular weight excluding hydrogens is 298 g/mol. The molecule has 1 aromatic heterocycles. The molecule has 0 bridgehead atoms. The molecule has 0 spiro atoms. The van der Waals surface area contributed by atoms with Crippen molar-refractivity contribution in [3.05, 3.63) is 52.2 Å². The number of halogens is 1. The Morgan fingerprint density at radius 1 is 1.40 bits per heavy atom. The first-order valence-electron chi connectivity index (χ1n) is 5.56. The van der Waals surface area contributed by atoms with Crippen molar-refractivity contribution in [2.24, 2.45) is 7.05 Å². The fraction of sp³-hybridized carbons (Fsp3) is 0.0769. The van der Waals surface area contributed by atoms with Gasteiger partial charge in [0.05, 0.1) is 9.92 Å². The molecule has 0 saturated heterocycles. The number of nitrogens with zero attached hydrogens (tertiary/aromatic N) is 3. The van der Waals surface area contributed by atoms with E-state index in [1.54, 1.807) is 31.3 Å². The Balaban J connectivity index is 2.54. The molecule has 2 aromatic rings. The Morgan fingerprint density at radius 2 is 2.05 bits per heavy atom. The third kappa shape index (κ3) is 2.74. The molecule has 0 N–H and O–H groups in total. The summed E-state index contributed by atoms with van der Waals surface area (Å²) in [5, 5.41) is 13.4. The maximum absolute atomic E-state index is 12.3. The van der Waals surface area contributed by atoms with Crippen LogP contribution in [0.3, 0.4) is 0 Å². The fourth-order valence-electron chi connectivity index (χ4n) is 1.60. The van der Waals surface area contributed by atoms with E-state index in [1.807, 2.05) is 0 Å². The monoisotopic (exact) mass is 307 g/mol. The summed E-state index contributed by atoms with van der Waals surface area (Å²) in [6.45, 7) is 0. The lowest BCUT2D eigenvalue weighted by Crippen LogP contribution is -2.03. The van der Waals surface area contributed by atoms with E-state index in [4.69, 9.17) is 16.9 Å². The van der Waals surface area contributed by atoms with Gasteiger partial charge in [0, 0.05) is 13.2 Å². The van der Waals surface area contributed by atoms with Crippen LogP contribution in [-0.4, -0.2) is 18.2 Å². The maximum Gasteiger partial charge on any atom is 0.216 e. The van der Waals surface area contributed by atoms with Crippen LogP contribution in [0.1, 0.15) is 5.69 Å². The number of aromatic nitrogens is 2. The highest BCUT2D eigenvalue weighted by Crippen LogP contribution is 2.23. The number of aryl methyl sites for hydroxylation is 1. The number of benzene rings is 1. The summed E-state index contributed by atoms with van der Waals surface area (Å²) in [6.07, 6.45) is 2.70. The van der Waals surface area contributed by atoms with Gasteiger partial charge in [-0.15, -0.1) is 0 Å². The van der Waals surface area contributed by atoms with E-state index in [1.165, 1.54) is 29.1 Å². The molecule has 0 aliphatic heterocycles. The topological polar surface area (TPSA) is 75.8 Å². The van der Waals surface area contributed by atoms with Crippen molar-refractivity contribution in [1.82, 2.24) is 9.78 Å². The standard InChI is InChI=1S/C13H10ClN3O2S/c1-17-9-12(14)13(16-17)7-11(8-15)20(18,19)10-5-3-2-4-6-10/h2-7,9H,1H3/b11-7+. The van der Waals surface area contributed by atoms with E-state index in [0.29, 0.717) is 0 Å². The van der Waals surface area contributed by atoms with Gasteiger partial charge in [0.25, 0.3) is 0 Å². The second-order valence-electron chi connectivity index (χ2n) is 3.97. The molecule has 0 amide bonds. The normalized spacial score (nSPS) is 12.2. The van der Waals surface area contributed by atoms with Crippen LogP contribution in [0, 0.1) is 11.3 Å². The lowest BCUT2D eigenvalue weighted by molar-refractivity contribution is 0.603. The molecule has 5 nitrogen and oxygen atoms in total. The molecular formula is C13H10ClN3O2S. The zero-order chi connectivity index (χ0) is 14.8. The second kappa shape index (κ2) is 5.49. The van der Waals surface area contributed by atoms with Crippen molar-refractivity contribution in [3.8, 4) is 6.07 Å². The summed E-state index contributed by atoms with van der Waals surface area (Å²) in [7, 11) is -2.21. The van der Waals surface area contributed by atoms with Gasteiger partial charge in [0.1, 0.15) is 11.8 Å². The van der Waals surface area contributed by atoms with Gasteiger partial charge in [-0.05, 0) is 18.2 Å². The van der Waals surface area contributed by atoms with Gasteiger partial charge in [-0.1, -0.05) is 29.8 Å². The van der Waals surface area contributed by atoms with E-state index >= 15 is 0 Å². The summed E-state index contributed by atoms with van der Waals surface area (Å²) >= 11 is 5.91. The zero-order valence-electron chi connectivity index (χ0n) is 10.5. The number of allylic oxidation sites excluding steroid dienone is 1. The highest BCUT2D eigenvalue weighted by atomic mass is 35.5. The number of nitriles is 1. The van der Waals surface area contributed by atoms with E-state index in [9.17, 15) is 8.42 Å². The van der Waals surface area contributed by atoms with E-state index < -0.39 is 14.7 Å². The Bertz CT molecular complexity index is 802. The average Bonchev–Trinajstić information content (AvgIpc) is 2.75. The SMILES string of the molecule is Cn1cc(Cl)c(/C=C(\C#N)S(=O)(=O)c2ccccc2)n1. The van der Waals surface area contributed by atoms with Crippen molar-refractivity contribution in [2.75, 3.05) is 0 Å². The van der Waals surface area contributed by atoms with Crippen molar-refractivity contribution in [3.63, 3.8) is 0 Å². The minimum absolute atomic E-state index is 0.0554. The van der Waals surface area contributed by atoms with Gasteiger partial charge in [-0.25, -0.2) is 8.42 Å². The molecule has 7 heteroatoms. The quantitative estimate of drug-likeness (QED) is 0.816. The first kappa shape index (κ1) is 14.3. The molecule has 102 valence electrons. The van der Waals surface area contributed by atoms with Gasteiger partial charge in [0.2, 0.25) is 9.84 Å². The molecule has 1 heterocycles. The Labute approximate surface area is 121 Å². The molecule has 0 radical (unpaired) electrons. The van der Waals surface area contributed by atoms with Crippen LogP contribution in [0.4, 0.5) is 0 Å². The van der Waals surface area contributed by atoms with Crippen LogP contribution in [0.15, 0.2) is 46.3 Å². The Morgan fingerprint density at radius 3 is 2.55 bits per heavy atom. The van der Waals surface area contributed by atoms with Crippen LogP contribution in [0.5, 0.6) is 0 Å².